The highest BCUT2D eigenvalue weighted by atomic mass is 35.5. The average molecular weight is 637 g/mol. The van der Waals surface area contributed by atoms with Crippen LogP contribution in [0, 0.1) is 6.92 Å². The Labute approximate surface area is 256 Å². The van der Waals surface area contributed by atoms with Crippen LogP contribution >= 0.6 is 34.8 Å². The van der Waals surface area contributed by atoms with Crippen molar-refractivity contribution in [3.63, 3.8) is 0 Å². The Bertz CT molecular complexity index is 1510. The van der Waals surface area contributed by atoms with Crippen molar-refractivity contribution in [3.8, 4) is 0 Å². The largest absolute Gasteiger partial charge is 0.352 e. The molecule has 11 heteroatoms. The highest BCUT2D eigenvalue weighted by Gasteiger charge is 2.33. The van der Waals surface area contributed by atoms with Crippen LogP contribution < -0.4 is 9.62 Å². The Hall–Kier alpha value is -2.78. The summed E-state index contributed by atoms with van der Waals surface area (Å²) in [5.41, 5.74) is 1.75. The number of amides is 2. The standard InChI is InChI=1S/C30H32Cl3N3O4S/c1-20-10-13-26(14-11-20)41(39,40)36(25-12-15-27(32)28(33)17-25)19-29(37)35(18-22-6-5-7-23(31)16-22)21(2)30(38)34-24-8-3-4-9-24/h5-7,10-17,21,24H,3-4,8-9,18-19H2,1-2H3,(H,34,38). The van der Waals surface area contributed by atoms with Crippen molar-refractivity contribution in [2.24, 2.45) is 0 Å². The zero-order valence-electron chi connectivity index (χ0n) is 22.8. The van der Waals surface area contributed by atoms with Gasteiger partial charge < -0.3 is 10.2 Å². The first-order chi connectivity index (χ1) is 19.5. The number of carbonyl (C=O) groups is 2. The van der Waals surface area contributed by atoms with Gasteiger partial charge in [-0.25, -0.2) is 8.42 Å². The number of anilines is 1. The van der Waals surface area contributed by atoms with Crippen molar-refractivity contribution in [2.75, 3.05) is 10.8 Å². The Kier molecular flexibility index (Phi) is 10.2. The topological polar surface area (TPSA) is 86.8 Å². The lowest BCUT2D eigenvalue weighted by molar-refractivity contribution is -0.139. The van der Waals surface area contributed by atoms with Gasteiger partial charge in [-0.05, 0) is 74.7 Å². The lowest BCUT2D eigenvalue weighted by atomic mass is 10.1. The van der Waals surface area contributed by atoms with Crippen LogP contribution in [0.1, 0.15) is 43.7 Å². The average Bonchev–Trinajstić information content (AvgIpc) is 3.44. The summed E-state index contributed by atoms with van der Waals surface area (Å²) >= 11 is 18.6. The summed E-state index contributed by atoms with van der Waals surface area (Å²) in [6.45, 7) is 2.97. The molecule has 0 radical (unpaired) electrons. The molecule has 3 aromatic rings. The minimum absolute atomic E-state index is 0.00962. The molecule has 1 N–H and O–H groups in total. The van der Waals surface area contributed by atoms with Crippen LogP contribution in [0.3, 0.4) is 0 Å². The molecule has 4 rings (SSSR count). The molecule has 0 aromatic heterocycles. The van der Waals surface area contributed by atoms with Gasteiger partial charge in [0.1, 0.15) is 12.6 Å². The van der Waals surface area contributed by atoms with Crippen molar-refractivity contribution in [1.29, 1.82) is 0 Å². The van der Waals surface area contributed by atoms with Gasteiger partial charge in [0.15, 0.2) is 0 Å². The van der Waals surface area contributed by atoms with Gasteiger partial charge in [-0.1, -0.05) is 77.5 Å². The van der Waals surface area contributed by atoms with E-state index in [1.54, 1.807) is 43.3 Å². The molecule has 1 unspecified atom stereocenters. The maximum atomic E-state index is 14.0. The number of nitrogens with zero attached hydrogens (tertiary/aromatic N) is 2. The van der Waals surface area contributed by atoms with Crippen LogP contribution in [-0.2, 0) is 26.2 Å². The first-order valence-electron chi connectivity index (χ1n) is 13.3. The van der Waals surface area contributed by atoms with E-state index < -0.39 is 28.5 Å². The fraction of sp³-hybridized carbons (Fsp3) is 0.333. The number of benzene rings is 3. The summed E-state index contributed by atoms with van der Waals surface area (Å²) < 4.78 is 28.8. The predicted octanol–water partition coefficient (Wildman–Crippen LogP) is 6.63. The Balaban J connectivity index is 1.70. The van der Waals surface area contributed by atoms with Gasteiger partial charge in [-0.15, -0.1) is 0 Å². The number of hydrogen-bond acceptors (Lipinski definition) is 4. The molecule has 0 bridgehead atoms. The zero-order valence-corrected chi connectivity index (χ0v) is 25.9. The second-order valence-corrected chi connectivity index (χ2v) is 13.4. The van der Waals surface area contributed by atoms with E-state index in [-0.39, 0.29) is 39.1 Å². The monoisotopic (exact) mass is 635 g/mol. The number of halogens is 3. The first-order valence-corrected chi connectivity index (χ1v) is 15.9. The molecule has 218 valence electrons. The highest BCUT2D eigenvalue weighted by molar-refractivity contribution is 7.92. The predicted molar refractivity (Wildman–Crippen MR) is 164 cm³/mol. The minimum Gasteiger partial charge on any atom is -0.352 e. The molecule has 1 atom stereocenters. The van der Waals surface area contributed by atoms with Crippen molar-refractivity contribution in [2.45, 2.75) is 63.1 Å². The normalized spacial score (nSPS) is 14.5. The fourth-order valence-corrected chi connectivity index (χ4v) is 6.72. The van der Waals surface area contributed by atoms with Gasteiger partial charge in [0.05, 0.1) is 20.6 Å². The van der Waals surface area contributed by atoms with E-state index in [0.717, 1.165) is 35.6 Å². The van der Waals surface area contributed by atoms with Gasteiger partial charge in [0.25, 0.3) is 10.0 Å². The van der Waals surface area contributed by atoms with Crippen LogP contribution in [0.5, 0.6) is 0 Å². The quantitative estimate of drug-likeness (QED) is 0.271. The summed E-state index contributed by atoms with van der Waals surface area (Å²) in [6.07, 6.45) is 3.86. The second-order valence-electron chi connectivity index (χ2n) is 10.2. The van der Waals surface area contributed by atoms with Crippen molar-refractivity contribution in [1.82, 2.24) is 10.2 Å². The Morgan fingerprint density at radius 3 is 2.27 bits per heavy atom. The van der Waals surface area contributed by atoms with Crippen molar-refractivity contribution < 1.29 is 18.0 Å². The summed E-state index contributed by atoms with van der Waals surface area (Å²) in [7, 11) is -4.21. The molecule has 0 heterocycles. The highest BCUT2D eigenvalue weighted by Crippen LogP contribution is 2.31. The fourth-order valence-electron chi connectivity index (χ4n) is 4.81. The third-order valence-electron chi connectivity index (χ3n) is 7.19. The van der Waals surface area contributed by atoms with Gasteiger partial charge in [0, 0.05) is 17.6 Å². The molecule has 7 nitrogen and oxygen atoms in total. The molecule has 1 saturated carbocycles. The molecule has 1 fully saturated rings. The van der Waals surface area contributed by atoms with Gasteiger partial charge in [-0.2, -0.15) is 0 Å². The smallest absolute Gasteiger partial charge is 0.264 e. The molecular weight excluding hydrogens is 605 g/mol. The molecule has 0 spiro atoms. The third kappa shape index (κ3) is 7.74. The Morgan fingerprint density at radius 2 is 1.63 bits per heavy atom. The van der Waals surface area contributed by atoms with Crippen LogP contribution in [0.2, 0.25) is 15.1 Å². The SMILES string of the molecule is Cc1ccc(S(=O)(=O)N(CC(=O)N(Cc2cccc(Cl)c2)C(C)C(=O)NC2CCCC2)c2ccc(Cl)c(Cl)c2)cc1. The molecular formula is C30H32Cl3N3O4S. The van der Waals surface area contributed by atoms with Gasteiger partial charge in [-0.3, -0.25) is 13.9 Å². The van der Waals surface area contributed by atoms with Gasteiger partial charge >= 0.3 is 0 Å². The molecule has 41 heavy (non-hydrogen) atoms. The van der Waals surface area contributed by atoms with Gasteiger partial charge in [0.2, 0.25) is 11.8 Å². The van der Waals surface area contributed by atoms with E-state index in [1.807, 2.05) is 6.92 Å². The molecule has 3 aromatic carbocycles. The van der Waals surface area contributed by atoms with Crippen LogP contribution in [0.4, 0.5) is 5.69 Å². The number of sulfonamides is 1. The van der Waals surface area contributed by atoms with Crippen molar-refractivity contribution >= 4 is 62.3 Å². The number of rotatable bonds is 10. The zero-order chi connectivity index (χ0) is 29.7. The molecule has 0 saturated heterocycles. The first kappa shape index (κ1) is 31.2. The van der Waals surface area contributed by atoms with Crippen LogP contribution in [-0.4, -0.2) is 43.8 Å². The maximum absolute atomic E-state index is 14.0. The van der Waals surface area contributed by atoms with E-state index in [2.05, 4.69) is 5.32 Å². The molecule has 1 aliphatic carbocycles. The third-order valence-corrected chi connectivity index (χ3v) is 9.95. The lowest BCUT2D eigenvalue weighted by Crippen LogP contribution is -2.52. The molecule has 0 aliphatic heterocycles. The minimum atomic E-state index is -4.21. The maximum Gasteiger partial charge on any atom is 0.264 e. The summed E-state index contributed by atoms with van der Waals surface area (Å²) in [6, 6.07) is 16.9. The van der Waals surface area contributed by atoms with E-state index in [9.17, 15) is 18.0 Å². The number of nitrogens with one attached hydrogen (secondary N) is 1. The second kappa shape index (κ2) is 13.5. The van der Waals surface area contributed by atoms with Crippen LogP contribution in [0.25, 0.3) is 0 Å². The van der Waals surface area contributed by atoms with E-state index in [1.165, 1.54) is 35.2 Å². The summed E-state index contributed by atoms with van der Waals surface area (Å²) in [5.74, 6) is -0.865. The Morgan fingerprint density at radius 1 is 0.951 bits per heavy atom. The van der Waals surface area contributed by atoms with E-state index in [0.29, 0.717) is 10.6 Å². The molecule has 2 amide bonds. The van der Waals surface area contributed by atoms with Crippen LogP contribution in [0.15, 0.2) is 71.6 Å². The summed E-state index contributed by atoms with van der Waals surface area (Å²) in [4.78, 5) is 28.7. The number of hydrogen-bond donors (Lipinski definition) is 1. The van der Waals surface area contributed by atoms with Crippen molar-refractivity contribution in [3.05, 3.63) is 92.9 Å². The van der Waals surface area contributed by atoms with E-state index >= 15 is 0 Å². The lowest BCUT2D eigenvalue weighted by Gasteiger charge is -2.32. The number of aryl methyl sites for hydroxylation is 1. The summed E-state index contributed by atoms with van der Waals surface area (Å²) in [5, 5.41) is 3.92. The number of carbonyl (C=O) groups excluding carboxylic acids is 2. The van der Waals surface area contributed by atoms with E-state index in [4.69, 9.17) is 34.8 Å². The molecule has 1 aliphatic rings.